The van der Waals surface area contributed by atoms with Crippen LogP contribution in [-0.2, 0) is 26.2 Å². The lowest BCUT2D eigenvalue weighted by Crippen LogP contribution is -2.37. The molecule has 28 heavy (non-hydrogen) atoms. The van der Waals surface area contributed by atoms with E-state index in [1.54, 1.807) is 29.6 Å². The number of carbonyl (C=O) groups is 2. The highest BCUT2D eigenvalue weighted by atomic mass is 32.2. The lowest BCUT2D eigenvalue weighted by Gasteiger charge is -2.22. The van der Waals surface area contributed by atoms with E-state index in [9.17, 15) is 18.0 Å². The van der Waals surface area contributed by atoms with Crippen molar-refractivity contribution in [3.05, 3.63) is 35.3 Å². The van der Waals surface area contributed by atoms with Gasteiger partial charge in [0, 0.05) is 5.38 Å². The molecule has 0 radical (unpaired) electrons. The summed E-state index contributed by atoms with van der Waals surface area (Å²) in [6, 6.07) is 6.74. The van der Waals surface area contributed by atoms with Crippen molar-refractivity contribution < 1.29 is 22.7 Å². The van der Waals surface area contributed by atoms with Gasteiger partial charge in [-0.15, -0.1) is 11.3 Å². The van der Waals surface area contributed by atoms with Gasteiger partial charge in [0.2, 0.25) is 10.0 Å². The second kappa shape index (κ2) is 9.13. The van der Waals surface area contributed by atoms with E-state index in [-0.39, 0.29) is 17.6 Å². The minimum Gasteiger partial charge on any atom is -0.491 e. The summed E-state index contributed by atoms with van der Waals surface area (Å²) in [5.41, 5.74) is 5.94. The fraction of sp³-hybridized carbons (Fsp3) is 0.353. The van der Waals surface area contributed by atoms with E-state index in [0.717, 1.165) is 22.5 Å². The average Bonchev–Trinajstić information content (AvgIpc) is 3.07. The van der Waals surface area contributed by atoms with Crippen molar-refractivity contribution in [3.8, 4) is 5.75 Å². The molecular weight excluding hydrogens is 404 g/mol. The predicted octanol–water partition coefficient (Wildman–Crippen LogP) is 1.38. The Balaban J connectivity index is 2.41. The first kappa shape index (κ1) is 21.8. The third kappa shape index (κ3) is 6.01. The molecule has 2 aromatic rings. The Bertz CT molecular complexity index is 956. The van der Waals surface area contributed by atoms with Crippen molar-refractivity contribution in [2.75, 3.05) is 17.8 Å². The van der Waals surface area contributed by atoms with Crippen LogP contribution in [0.3, 0.4) is 0 Å². The maximum absolute atomic E-state index is 12.5. The van der Waals surface area contributed by atoms with Gasteiger partial charge in [-0.05, 0) is 18.1 Å². The number of amides is 2. The summed E-state index contributed by atoms with van der Waals surface area (Å²) < 4.78 is 30.6. The molecule has 1 aromatic heterocycles. The molecule has 0 saturated heterocycles. The summed E-state index contributed by atoms with van der Waals surface area (Å²) in [7, 11) is -3.40. The fourth-order valence-corrected chi connectivity index (χ4v) is 3.36. The van der Waals surface area contributed by atoms with Crippen LogP contribution in [-0.4, -0.2) is 38.1 Å². The first-order chi connectivity index (χ1) is 13.1. The minimum atomic E-state index is -3.40. The molecule has 0 spiro atoms. The second-order valence-corrected chi connectivity index (χ2v) is 9.06. The Kier molecular flexibility index (Phi) is 7.11. The molecule has 0 fully saturated rings. The number of ether oxygens (including phenoxy) is 1. The van der Waals surface area contributed by atoms with Gasteiger partial charge in [-0.25, -0.2) is 23.0 Å². The average molecular weight is 427 g/mol. The zero-order chi connectivity index (χ0) is 20.9. The lowest BCUT2D eigenvalue weighted by atomic mass is 10.2. The maximum atomic E-state index is 12.5. The minimum absolute atomic E-state index is 0.0422. The number of aromatic nitrogens is 1. The second-order valence-electron chi connectivity index (χ2n) is 6.39. The standard InChI is InChI=1S/C17H22N4O5S2/c1-11(2)9-26-14-7-5-4-6-13(14)21(16(23)15(18)22)17-20-12(10-27-17)8-19-28(3,24)25/h4-7,10-11,19H,8-9H2,1-3H3,(H2,18,22). The van der Waals surface area contributed by atoms with Crippen LogP contribution in [0, 0.1) is 5.92 Å². The van der Waals surface area contributed by atoms with Gasteiger partial charge in [-0.2, -0.15) is 0 Å². The van der Waals surface area contributed by atoms with E-state index in [0.29, 0.717) is 23.7 Å². The van der Waals surface area contributed by atoms with Gasteiger partial charge in [-0.3, -0.25) is 9.59 Å². The zero-order valence-corrected chi connectivity index (χ0v) is 17.3. The smallest absolute Gasteiger partial charge is 0.322 e. The summed E-state index contributed by atoms with van der Waals surface area (Å²) in [6.45, 7) is 4.34. The largest absolute Gasteiger partial charge is 0.491 e. The Morgan fingerprint density at radius 2 is 2.00 bits per heavy atom. The van der Waals surface area contributed by atoms with Gasteiger partial charge in [0.1, 0.15) is 5.75 Å². The van der Waals surface area contributed by atoms with E-state index in [2.05, 4.69) is 9.71 Å². The molecule has 2 amide bonds. The third-order valence-electron chi connectivity index (χ3n) is 3.34. The first-order valence-electron chi connectivity index (χ1n) is 8.33. The van der Waals surface area contributed by atoms with Crippen molar-refractivity contribution in [1.82, 2.24) is 9.71 Å². The quantitative estimate of drug-likeness (QED) is 0.613. The normalized spacial score (nSPS) is 11.4. The number of benzene rings is 1. The molecule has 0 bridgehead atoms. The topological polar surface area (TPSA) is 132 Å². The summed E-state index contributed by atoms with van der Waals surface area (Å²) in [4.78, 5) is 29.5. The van der Waals surface area contributed by atoms with Crippen molar-refractivity contribution in [3.63, 3.8) is 0 Å². The molecule has 1 heterocycles. The molecule has 9 nitrogen and oxygen atoms in total. The zero-order valence-electron chi connectivity index (χ0n) is 15.7. The molecule has 1 aromatic carbocycles. The Hall–Kier alpha value is -2.50. The van der Waals surface area contributed by atoms with Gasteiger partial charge >= 0.3 is 11.8 Å². The predicted molar refractivity (Wildman–Crippen MR) is 107 cm³/mol. The maximum Gasteiger partial charge on any atom is 0.322 e. The first-order valence-corrected chi connectivity index (χ1v) is 11.1. The third-order valence-corrected chi connectivity index (χ3v) is 4.88. The lowest BCUT2D eigenvalue weighted by molar-refractivity contribution is -0.135. The molecule has 11 heteroatoms. The van der Waals surface area contributed by atoms with Crippen LogP contribution in [0.25, 0.3) is 0 Å². The molecular formula is C17H22N4O5S2. The van der Waals surface area contributed by atoms with Crippen LogP contribution >= 0.6 is 11.3 Å². The summed E-state index contributed by atoms with van der Waals surface area (Å²) >= 11 is 1.08. The molecule has 0 saturated carbocycles. The van der Waals surface area contributed by atoms with Crippen LogP contribution in [0.15, 0.2) is 29.6 Å². The van der Waals surface area contributed by atoms with Crippen LogP contribution in [0.2, 0.25) is 0 Å². The summed E-state index contributed by atoms with van der Waals surface area (Å²) in [6.07, 6.45) is 1.03. The van der Waals surface area contributed by atoms with E-state index in [1.807, 2.05) is 13.8 Å². The van der Waals surface area contributed by atoms with E-state index in [1.165, 1.54) is 0 Å². The molecule has 0 aliphatic rings. The number of carbonyl (C=O) groups excluding carboxylic acids is 2. The van der Waals surface area contributed by atoms with Gasteiger partial charge in [0.25, 0.3) is 0 Å². The highest BCUT2D eigenvalue weighted by molar-refractivity contribution is 7.88. The number of para-hydroxylation sites is 2. The molecule has 2 rings (SSSR count). The monoisotopic (exact) mass is 426 g/mol. The SMILES string of the molecule is CC(C)COc1ccccc1N(C(=O)C(N)=O)c1nc(CNS(C)(=O)=O)cs1. The number of hydrogen-bond acceptors (Lipinski definition) is 7. The van der Waals surface area contributed by atoms with Crippen LogP contribution in [0.4, 0.5) is 10.8 Å². The van der Waals surface area contributed by atoms with Crippen molar-refractivity contribution in [2.24, 2.45) is 11.7 Å². The van der Waals surface area contributed by atoms with E-state index in [4.69, 9.17) is 10.5 Å². The van der Waals surface area contributed by atoms with Crippen molar-refractivity contribution >= 4 is 44.0 Å². The highest BCUT2D eigenvalue weighted by Gasteiger charge is 2.28. The molecule has 0 unspecified atom stereocenters. The number of nitrogens with two attached hydrogens (primary N) is 1. The molecule has 152 valence electrons. The van der Waals surface area contributed by atoms with Crippen LogP contribution < -0.4 is 20.1 Å². The summed E-state index contributed by atoms with van der Waals surface area (Å²) in [5.74, 6) is -1.47. The van der Waals surface area contributed by atoms with Crippen LogP contribution in [0.5, 0.6) is 5.75 Å². The number of nitrogens with one attached hydrogen (secondary N) is 1. The van der Waals surface area contributed by atoms with Gasteiger partial charge in [-0.1, -0.05) is 26.0 Å². The van der Waals surface area contributed by atoms with Gasteiger partial charge < -0.3 is 10.5 Å². The molecule has 0 aliphatic heterocycles. The van der Waals surface area contributed by atoms with E-state index < -0.39 is 21.8 Å². The van der Waals surface area contributed by atoms with Crippen molar-refractivity contribution in [2.45, 2.75) is 20.4 Å². The van der Waals surface area contributed by atoms with Crippen molar-refractivity contribution in [1.29, 1.82) is 0 Å². The highest BCUT2D eigenvalue weighted by Crippen LogP contribution is 2.35. The number of thiazole rings is 1. The molecule has 0 aliphatic carbocycles. The number of primary amides is 1. The molecule has 0 atom stereocenters. The number of rotatable bonds is 8. The Morgan fingerprint density at radius 1 is 1.32 bits per heavy atom. The number of sulfonamides is 1. The van der Waals surface area contributed by atoms with E-state index >= 15 is 0 Å². The molecule has 3 N–H and O–H groups in total. The number of anilines is 2. The van der Waals surface area contributed by atoms with Crippen LogP contribution in [0.1, 0.15) is 19.5 Å². The Morgan fingerprint density at radius 3 is 2.61 bits per heavy atom. The number of nitrogens with zero attached hydrogens (tertiary/aromatic N) is 2. The van der Waals surface area contributed by atoms with Gasteiger partial charge in [0.15, 0.2) is 5.13 Å². The Labute approximate surface area is 167 Å². The number of hydrogen-bond donors (Lipinski definition) is 2. The fourth-order valence-electron chi connectivity index (χ4n) is 2.12. The van der Waals surface area contributed by atoms with Gasteiger partial charge in [0.05, 0.1) is 30.8 Å². The summed E-state index contributed by atoms with van der Waals surface area (Å²) in [5, 5.41) is 1.77.